The molecule has 0 radical (unpaired) electrons. The number of hydrogen-bond donors (Lipinski definition) is 0. The molecular formula is C14H20N4O2. The second kappa shape index (κ2) is 5.36. The van der Waals surface area contributed by atoms with E-state index < -0.39 is 0 Å². The van der Waals surface area contributed by atoms with E-state index >= 15 is 0 Å². The molecule has 1 aliphatic heterocycles. The van der Waals surface area contributed by atoms with Crippen LogP contribution in [0.1, 0.15) is 61.8 Å². The normalized spacial score (nSPS) is 20.1. The highest BCUT2D eigenvalue weighted by molar-refractivity contribution is 5.06. The molecule has 3 heterocycles. The lowest BCUT2D eigenvalue weighted by Gasteiger charge is -2.20. The lowest BCUT2D eigenvalue weighted by molar-refractivity contribution is 0.226. The molecule has 2 aromatic rings. The van der Waals surface area contributed by atoms with E-state index in [1.807, 2.05) is 13.0 Å². The van der Waals surface area contributed by atoms with Gasteiger partial charge in [0.2, 0.25) is 5.89 Å². The summed E-state index contributed by atoms with van der Waals surface area (Å²) in [5.41, 5.74) is 0.960. The summed E-state index contributed by atoms with van der Waals surface area (Å²) in [7, 11) is 0. The van der Waals surface area contributed by atoms with Crippen molar-refractivity contribution in [3.63, 3.8) is 0 Å². The molecule has 0 bridgehead atoms. The van der Waals surface area contributed by atoms with Crippen LogP contribution in [0.4, 0.5) is 0 Å². The summed E-state index contributed by atoms with van der Waals surface area (Å²) >= 11 is 0. The summed E-state index contributed by atoms with van der Waals surface area (Å²) in [4.78, 5) is 6.87. The fraction of sp³-hybridized carbons (Fsp3) is 0.643. The van der Waals surface area contributed by atoms with Crippen LogP contribution in [-0.2, 0) is 6.54 Å². The van der Waals surface area contributed by atoms with Gasteiger partial charge in [0.1, 0.15) is 5.76 Å². The number of hydrogen-bond acceptors (Lipinski definition) is 6. The monoisotopic (exact) mass is 276 g/mol. The summed E-state index contributed by atoms with van der Waals surface area (Å²) in [6.07, 6.45) is 2.21. The number of rotatable bonds is 4. The van der Waals surface area contributed by atoms with Crippen molar-refractivity contribution < 1.29 is 9.05 Å². The van der Waals surface area contributed by atoms with Gasteiger partial charge in [-0.1, -0.05) is 24.2 Å². The van der Waals surface area contributed by atoms with Crippen molar-refractivity contribution in [1.82, 2.24) is 20.2 Å². The van der Waals surface area contributed by atoms with Crippen LogP contribution in [0.2, 0.25) is 0 Å². The third kappa shape index (κ3) is 2.60. The van der Waals surface area contributed by atoms with Crippen molar-refractivity contribution in [2.75, 3.05) is 6.54 Å². The number of aryl methyl sites for hydroxylation is 1. The van der Waals surface area contributed by atoms with Crippen molar-refractivity contribution >= 4 is 0 Å². The Labute approximate surface area is 118 Å². The Balaban J connectivity index is 1.74. The van der Waals surface area contributed by atoms with Gasteiger partial charge in [-0.15, -0.1) is 0 Å². The zero-order chi connectivity index (χ0) is 14.1. The van der Waals surface area contributed by atoms with Crippen molar-refractivity contribution in [3.05, 3.63) is 29.2 Å². The van der Waals surface area contributed by atoms with Gasteiger partial charge in [0.25, 0.3) is 0 Å². The molecule has 0 N–H and O–H groups in total. The van der Waals surface area contributed by atoms with Gasteiger partial charge in [-0.3, -0.25) is 4.90 Å². The SMILES string of the molecule is Cc1cc(CN2CCC[C@@H]2c2noc(C(C)C)n2)no1. The minimum Gasteiger partial charge on any atom is -0.361 e. The highest BCUT2D eigenvalue weighted by Gasteiger charge is 2.30. The molecule has 1 saturated heterocycles. The minimum atomic E-state index is 0.225. The van der Waals surface area contributed by atoms with Crippen molar-refractivity contribution in [3.8, 4) is 0 Å². The fourth-order valence-corrected chi connectivity index (χ4v) is 2.63. The van der Waals surface area contributed by atoms with Crippen LogP contribution in [0.3, 0.4) is 0 Å². The van der Waals surface area contributed by atoms with Crippen LogP contribution in [-0.4, -0.2) is 26.7 Å². The summed E-state index contributed by atoms with van der Waals surface area (Å²) in [5, 5.41) is 8.20. The van der Waals surface area contributed by atoms with Crippen LogP contribution < -0.4 is 0 Å². The Morgan fingerprint density at radius 1 is 1.35 bits per heavy atom. The molecule has 20 heavy (non-hydrogen) atoms. The molecule has 1 fully saturated rings. The van der Waals surface area contributed by atoms with Crippen LogP contribution >= 0.6 is 0 Å². The number of likely N-dealkylation sites (tertiary alicyclic amines) is 1. The molecule has 1 atom stereocenters. The van der Waals surface area contributed by atoms with E-state index in [2.05, 4.69) is 34.0 Å². The van der Waals surface area contributed by atoms with Gasteiger partial charge in [0.05, 0.1) is 11.7 Å². The summed E-state index contributed by atoms with van der Waals surface area (Å²) in [6, 6.07) is 2.20. The Bertz CT molecular complexity index is 575. The van der Waals surface area contributed by atoms with Gasteiger partial charge >= 0.3 is 0 Å². The van der Waals surface area contributed by atoms with Crippen molar-refractivity contribution in [2.24, 2.45) is 0 Å². The molecule has 0 unspecified atom stereocenters. The van der Waals surface area contributed by atoms with Crippen LogP contribution in [0, 0.1) is 6.92 Å². The first kappa shape index (κ1) is 13.3. The van der Waals surface area contributed by atoms with E-state index in [0.29, 0.717) is 5.89 Å². The topological polar surface area (TPSA) is 68.2 Å². The fourth-order valence-electron chi connectivity index (χ4n) is 2.63. The van der Waals surface area contributed by atoms with Gasteiger partial charge in [0.15, 0.2) is 5.82 Å². The zero-order valence-electron chi connectivity index (χ0n) is 12.2. The third-order valence-corrected chi connectivity index (χ3v) is 3.65. The van der Waals surface area contributed by atoms with E-state index in [9.17, 15) is 0 Å². The van der Waals surface area contributed by atoms with Crippen molar-refractivity contribution in [2.45, 2.75) is 52.1 Å². The van der Waals surface area contributed by atoms with Gasteiger partial charge < -0.3 is 9.05 Å². The van der Waals surface area contributed by atoms with Gasteiger partial charge in [0, 0.05) is 18.5 Å². The highest BCUT2D eigenvalue weighted by atomic mass is 16.5. The predicted octanol–water partition coefficient (Wildman–Crippen LogP) is 2.83. The second-order valence-corrected chi connectivity index (χ2v) is 5.70. The highest BCUT2D eigenvalue weighted by Crippen LogP contribution is 2.32. The smallest absolute Gasteiger partial charge is 0.229 e. The molecule has 0 aromatic carbocycles. The summed E-state index contributed by atoms with van der Waals surface area (Å²) < 4.78 is 10.4. The Morgan fingerprint density at radius 2 is 2.20 bits per heavy atom. The molecule has 2 aromatic heterocycles. The quantitative estimate of drug-likeness (QED) is 0.855. The molecule has 6 heteroatoms. The molecule has 0 saturated carbocycles. The second-order valence-electron chi connectivity index (χ2n) is 5.70. The van der Waals surface area contributed by atoms with Crippen LogP contribution in [0.25, 0.3) is 0 Å². The predicted molar refractivity (Wildman–Crippen MR) is 72.0 cm³/mol. The molecular weight excluding hydrogens is 256 g/mol. The lowest BCUT2D eigenvalue weighted by Crippen LogP contribution is -2.23. The first-order valence-electron chi connectivity index (χ1n) is 7.13. The molecule has 0 amide bonds. The van der Waals surface area contributed by atoms with Gasteiger partial charge in [-0.05, 0) is 26.3 Å². The Kier molecular flexibility index (Phi) is 3.56. The zero-order valence-corrected chi connectivity index (χ0v) is 12.2. The van der Waals surface area contributed by atoms with E-state index in [-0.39, 0.29) is 12.0 Å². The van der Waals surface area contributed by atoms with Gasteiger partial charge in [-0.25, -0.2) is 0 Å². The average molecular weight is 276 g/mol. The molecule has 108 valence electrons. The minimum absolute atomic E-state index is 0.225. The van der Waals surface area contributed by atoms with E-state index in [1.54, 1.807) is 0 Å². The average Bonchev–Trinajstić information content (AvgIpc) is 3.10. The first-order valence-corrected chi connectivity index (χ1v) is 7.13. The standard InChI is InChI=1S/C14H20N4O2/c1-9(2)14-15-13(17-20-14)12-5-4-6-18(12)8-11-7-10(3)19-16-11/h7,9,12H,4-6,8H2,1-3H3/t12-/m1/s1. The maximum absolute atomic E-state index is 5.32. The summed E-state index contributed by atoms with van der Waals surface area (Å²) in [6.45, 7) is 7.82. The van der Waals surface area contributed by atoms with Crippen molar-refractivity contribution in [1.29, 1.82) is 0 Å². The first-order chi connectivity index (χ1) is 9.63. The molecule has 1 aliphatic rings. The Morgan fingerprint density at radius 3 is 2.85 bits per heavy atom. The number of aromatic nitrogens is 3. The molecule has 0 aliphatic carbocycles. The maximum Gasteiger partial charge on any atom is 0.229 e. The van der Waals surface area contributed by atoms with Gasteiger partial charge in [-0.2, -0.15) is 4.98 Å². The third-order valence-electron chi connectivity index (χ3n) is 3.65. The van der Waals surface area contributed by atoms with Crippen LogP contribution in [0.5, 0.6) is 0 Å². The number of nitrogens with zero attached hydrogens (tertiary/aromatic N) is 4. The van der Waals surface area contributed by atoms with Crippen LogP contribution in [0.15, 0.2) is 15.1 Å². The lowest BCUT2D eigenvalue weighted by atomic mass is 10.2. The summed E-state index contributed by atoms with van der Waals surface area (Å²) in [5.74, 6) is 2.62. The molecule has 6 nitrogen and oxygen atoms in total. The molecule has 3 rings (SSSR count). The molecule has 0 spiro atoms. The Hall–Kier alpha value is -1.69. The van der Waals surface area contributed by atoms with E-state index in [4.69, 9.17) is 9.05 Å². The van der Waals surface area contributed by atoms with E-state index in [0.717, 1.165) is 43.2 Å². The van der Waals surface area contributed by atoms with E-state index in [1.165, 1.54) is 0 Å². The largest absolute Gasteiger partial charge is 0.361 e. The maximum atomic E-state index is 5.32.